The molecule has 2 aromatic rings. The third kappa shape index (κ3) is 7.24. The zero-order valence-corrected chi connectivity index (χ0v) is 16.8. The largest absolute Gasteiger partial charge is 0.497 e. The molecule has 0 saturated heterocycles. The van der Waals surface area contributed by atoms with Gasteiger partial charge in [0.2, 0.25) is 5.91 Å². The summed E-state index contributed by atoms with van der Waals surface area (Å²) in [4.78, 5) is 23.8. The maximum atomic E-state index is 12.0. The van der Waals surface area contributed by atoms with E-state index in [1.165, 1.54) is 0 Å². The van der Waals surface area contributed by atoms with Crippen LogP contribution in [0, 0.1) is 13.8 Å². The Kier molecular flexibility index (Phi) is 7.76. The lowest BCUT2D eigenvalue weighted by molar-refractivity contribution is -0.124. The summed E-state index contributed by atoms with van der Waals surface area (Å²) in [6.07, 6.45) is 0.148. The summed E-state index contributed by atoms with van der Waals surface area (Å²) in [5, 5.41) is 2.49. The number of benzene rings is 2. The van der Waals surface area contributed by atoms with Gasteiger partial charge in [-0.05, 0) is 67.0 Å². The van der Waals surface area contributed by atoms with Crippen molar-refractivity contribution >= 4 is 29.1 Å². The van der Waals surface area contributed by atoms with Gasteiger partial charge in [-0.2, -0.15) is 0 Å². The molecule has 0 aliphatic rings. The van der Waals surface area contributed by atoms with Crippen LogP contribution >= 0.6 is 12.2 Å². The molecular weight excluding hydrogens is 378 g/mol. The van der Waals surface area contributed by atoms with Crippen molar-refractivity contribution in [2.24, 2.45) is 0 Å². The summed E-state index contributed by atoms with van der Waals surface area (Å²) in [5.41, 5.74) is 7.77. The summed E-state index contributed by atoms with van der Waals surface area (Å²) in [7, 11) is 1.58. The second-order valence-electron chi connectivity index (χ2n) is 6.19. The molecule has 8 heteroatoms. The molecule has 0 bridgehead atoms. The second kappa shape index (κ2) is 10.3. The van der Waals surface area contributed by atoms with Gasteiger partial charge in [-0.1, -0.05) is 18.2 Å². The molecule has 0 unspecified atom stereocenters. The molecule has 7 nitrogen and oxygen atoms in total. The maximum Gasteiger partial charge on any atom is 0.276 e. The third-order valence-electron chi connectivity index (χ3n) is 3.66. The summed E-state index contributed by atoms with van der Waals surface area (Å²) in [6.45, 7) is 3.72. The second-order valence-corrected chi connectivity index (χ2v) is 6.60. The van der Waals surface area contributed by atoms with Crippen LogP contribution in [-0.4, -0.2) is 30.6 Å². The highest BCUT2D eigenvalue weighted by Crippen LogP contribution is 2.15. The fourth-order valence-corrected chi connectivity index (χ4v) is 2.62. The van der Waals surface area contributed by atoms with E-state index in [1.54, 1.807) is 31.4 Å². The van der Waals surface area contributed by atoms with Gasteiger partial charge in [0.1, 0.15) is 11.5 Å². The van der Waals surface area contributed by atoms with Gasteiger partial charge in [0.25, 0.3) is 5.91 Å². The number of carbonyl (C=O) groups excluding carboxylic acids is 2. The molecular formula is C20H23N3O4S. The average Bonchev–Trinajstić information content (AvgIpc) is 2.64. The Morgan fingerprint density at radius 2 is 1.57 bits per heavy atom. The van der Waals surface area contributed by atoms with E-state index in [9.17, 15) is 9.59 Å². The lowest BCUT2D eigenvalue weighted by Crippen LogP contribution is -2.49. The third-order valence-corrected chi connectivity index (χ3v) is 3.86. The lowest BCUT2D eigenvalue weighted by atomic mass is 10.1. The van der Waals surface area contributed by atoms with Crippen molar-refractivity contribution in [3.05, 3.63) is 59.2 Å². The molecule has 3 N–H and O–H groups in total. The van der Waals surface area contributed by atoms with Gasteiger partial charge in [0.15, 0.2) is 11.7 Å². The highest BCUT2D eigenvalue weighted by molar-refractivity contribution is 7.80. The van der Waals surface area contributed by atoms with Crippen LogP contribution < -0.4 is 25.6 Å². The Bertz CT molecular complexity index is 833. The number of hydrogen-bond acceptors (Lipinski definition) is 5. The van der Waals surface area contributed by atoms with Gasteiger partial charge in [-0.15, -0.1) is 0 Å². The first kappa shape index (κ1) is 21.2. The number of hydrazine groups is 1. The Morgan fingerprint density at radius 1 is 0.929 bits per heavy atom. The first-order chi connectivity index (χ1) is 13.4. The number of hydrogen-bond donors (Lipinski definition) is 3. The molecule has 2 amide bonds. The fourth-order valence-electron chi connectivity index (χ4n) is 2.46. The number of rotatable bonds is 6. The minimum Gasteiger partial charge on any atom is -0.497 e. The SMILES string of the molecule is COc1ccc(CC(=O)NC(=S)NNC(=O)COc2cc(C)cc(C)c2)cc1. The highest BCUT2D eigenvalue weighted by Gasteiger charge is 2.08. The predicted octanol–water partition coefficient (Wildman–Crippen LogP) is 1.96. The van der Waals surface area contributed by atoms with Crippen LogP contribution in [0.4, 0.5) is 0 Å². The Labute approximate surface area is 169 Å². The van der Waals surface area contributed by atoms with Crippen molar-refractivity contribution in [3.63, 3.8) is 0 Å². The monoisotopic (exact) mass is 401 g/mol. The molecule has 0 radical (unpaired) electrons. The van der Waals surface area contributed by atoms with Crippen molar-refractivity contribution in [3.8, 4) is 11.5 Å². The van der Waals surface area contributed by atoms with Gasteiger partial charge in [0.05, 0.1) is 13.5 Å². The number of methoxy groups -OCH3 is 1. The van der Waals surface area contributed by atoms with Crippen LogP contribution in [0.1, 0.15) is 16.7 Å². The standard InChI is InChI=1S/C20H23N3O4S/c1-13-8-14(2)10-17(9-13)27-12-19(25)22-23-20(28)21-18(24)11-15-4-6-16(26-3)7-5-15/h4-10H,11-12H2,1-3H3,(H,22,25)(H2,21,23,24,28). The molecule has 0 fully saturated rings. The molecule has 0 spiro atoms. The molecule has 28 heavy (non-hydrogen) atoms. The smallest absolute Gasteiger partial charge is 0.276 e. The first-order valence-electron chi connectivity index (χ1n) is 8.58. The van der Waals surface area contributed by atoms with E-state index in [4.69, 9.17) is 21.7 Å². The number of aryl methyl sites for hydroxylation is 2. The molecule has 0 heterocycles. The van der Waals surface area contributed by atoms with Gasteiger partial charge in [-0.25, -0.2) is 0 Å². The molecule has 0 aliphatic carbocycles. The van der Waals surface area contributed by atoms with E-state index >= 15 is 0 Å². The molecule has 2 rings (SSSR count). The number of thiocarbonyl (C=S) groups is 1. The molecule has 0 aromatic heterocycles. The molecule has 148 valence electrons. The number of ether oxygens (including phenoxy) is 2. The maximum absolute atomic E-state index is 12.0. The molecule has 0 saturated carbocycles. The zero-order valence-electron chi connectivity index (χ0n) is 16.0. The molecule has 2 aromatic carbocycles. The van der Waals surface area contributed by atoms with Crippen LogP contribution in [0.3, 0.4) is 0 Å². The number of nitrogens with one attached hydrogen (secondary N) is 3. The van der Waals surface area contributed by atoms with Crippen LogP contribution in [-0.2, 0) is 16.0 Å². The highest BCUT2D eigenvalue weighted by atomic mass is 32.1. The van der Waals surface area contributed by atoms with E-state index in [2.05, 4.69) is 16.2 Å². The summed E-state index contributed by atoms with van der Waals surface area (Å²) >= 11 is 5.00. The predicted molar refractivity (Wildman–Crippen MR) is 110 cm³/mol. The zero-order chi connectivity index (χ0) is 20.5. The Morgan fingerprint density at radius 3 is 2.18 bits per heavy atom. The summed E-state index contributed by atoms with van der Waals surface area (Å²) in [6, 6.07) is 12.8. The summed E-state index contributed by atoms with van der Waals surface area (Å²) < 4.78 is 10.5. The van der Waals surface area contributed by atoms with Crippen LogP contribution in [0.2, 0.25) is 0 Å². The lowest BCUT2D eigenvalue weighted by Gasteiger charge is -2.12. The number of carbonyl (C=O) groups is 2. The average molecular weight is 401 g/mol. The Balaban J connectivity index is 1.70. The summed E-state index contributed by atoms with van der Waals surface area (Å²) in [5.74, 6) is 0.601. The van der Waals surface area contributed by atoms with Crippen LogP contribution in [0.15, 0.2) is 42.5 Å². The van der Waals surface area contributed by atoms with E-state index in [-0.39, 0.29) is 24.0 Å². The van der Waals surface area contributed by atoms with E-state index in [1.807, 2.05) is 32.0 Å². The molecule has 0 aliphatic heterocycles. The van der Waals surface area contributed by atoms with Gasteiger partial charge in [0, 0.05) is 0 Å². The fraction of sp³-hybridized carbons (Fsp3) is 0.250. The van der Waals surface area contributed by atoms with Crippen molar-refractivity contribution in [2.75, 3.05) is 13.7 Å². The minimum atomic E-state index is -0.425. The van der Waals surface area contributed by atoms with Crippen LogP contribution in [0.5, 0.6) is 11.5 Å². The van der Waals surface area contributed by atoms with E-state index < -0.39 is 5.91 Å². The van der Waals surface area contributed by atoms with Crippen molar-refractivity contribution in [1.29, 1.82) is 0 Å². The van der Waals surface area contributed by atoms with Gasteiger partial charge < -0.3 is 14.8 Å². The minimum absolute atomic E-state index is 0.00161. The van der Waals surface area contributed by atoms with E-state index in [0.717, 1.165) is 16.7 Å². The van der Waals surface area contributed by atoms with Crippen molar-refractivity contribution in [1.82, 2.24) is 16.2 Å². The van der Waals surface area contributed by atoms with E-state index in [0.29, 0.717) is 11.5 Å². The number of amides is 2. The Hall–Kier alpha value is -3.13. The quantitative estimate of drug-likeness (QED) is 0.507. The van der Waals surface area contributed by atoms with Gasteiger partial charge in [-0.3, -0.25) is 20.4 Å². The van der Waals surface area contributed by atoms with Crippen molar-refractivity contribution in [2.45, 2.75) is 20.3 Å². The van der Waals surface area contributed by atoms with Crippen molar-refractivity contribution < 1.29 is 19.1 Å². The first-order valence-corrected chi connectivity index (χ1v) is 8.99. The van der Waals surface area contributed by atoms with Crippen LogP contribution in [0.25, 0.3) is 0 Å². The molecule has 0 atom stereocenters. The van der Waals surface area contributed by atoms with Gasteiger partial charge >= 0.3 is 0 Å². The topological polar surface area (TPSA) is 88.7 Å². The normalized spacial score (nSPS) is 9.96.